The van der Waals surface area contributed by atoms with Crippen LogP contribution in [0.4, 0.5) is 0 Å². The second-order valence-electron chi connectivity index (χ2n) is 3.90. The number of hydrogen-bond acceptors (Lipinski definition) is 4. The van der Waals surface area contributed by atoms with Crippen LogP contribution in [0.5, 0.6) is 0 Å². The van der Waals surface area contributed by atoms with Crippen LogP contribution in [-0.2, 0) is 11.2 Å². The molecule has 2 atom stereocenters. The molecule has 0 aliphatic carbocycles. The third-order valence-electron chi connectivity index (χ3n) is 2.50. The standard InChI is InChI=1S/C12H17NO4/c13-11(16)7-10(15)12(17)9-3-1-8(2-4-9)5-6-14/h1-4,10,12,14-15,17H,5-7H2,(H2,13,16). The number of hydrogen-bond donors (Lipinski definition) is 4. The molecule has 1 aromatic rings. The van der Waals surface area contributed by atoms with Gasteiger partial charge in [-0.3, -0.25) is 4.79 Å². The molecule has 0 spiro atoms. The van der Waals surface area contributed by atoms with Crippen LogP contribution in [0.3, 0.4) is 0 Å². The minimum Gasteiger partial charge on any atom is -0.396 e. The molecule has 1 aromatic carbocycles. The van der Waals surface area contributed by atoms with Crippen LogP contribution in [-0.4, -0.2) is 33.9 Å². The van der Waals surface area contributed by atoms with Crippen LogP contribution in [0.25, 0.3) is 0 Å². The second-order valence-corrected chi connectivity index (χ2v) is 3.90. The van der Waals surface area contributed by atoms with Gasteiger partial charge in [0.25, 0.3) is 0 Å². The molecule has 0 aliphatic heterocycles. The third kappa shape index (κ3) is 4.14. The van der Waals surface area contributed by atoms with Crippen molar-refractivity contribution >= 4 is 5.91 Å². The normalized spacial score (nSPS) is 14.3. The number of nitrogens with two attached hydrogens (primary N) is 1. The van der Waals surface area contributed by atoms with E-state index >= 15 is 0 Å². The highest BCUT2D eigenvalue weighted by molar-refractivity contribution is 5.74. The molecule has 0 heterocycles. The van der Waals surface area contributed by atoms with Gasteiger partial charge in [-0.1, -0.05) is 24.3 Å². The number of primary amides is 1. The maximum absolute atomic E-state index is 10.6. The fourth-order valence-corrected chi connectivity index (χ4v) is 1.55. The number of amides is 1. The summed E-state index contributed by atoms with van der Waals surface area (Å²) in [5.74, 6) is -0.659. The highest BCUT2D eigenvalue weighted by Gasteiger charge is 2.19. The molecular weight excluding hydrogens is 222 g/mol. The first-order valence-electron chi connectivity index (χ1n) is 5.38. The monoisotopic (exact) mass is 239 g/mol. The Labute approximate surface area is 99.5 Å². The van der Waals surface area contributed by atoms with E-state index < -0.39 is 18.1 Å². The molecule has 1 amide bonds. The van der Waals surface area contributed by atoms with E-state index in [1.54, 1.807) is 24.3 Å². The minimum atomic E-state index is -1.20. The molecule has 5 heteroatoms. The van der Waals surface area contributed by atoms with Crippen molar-refractivity contribution in [3.63, 3.8) is 0 Å². The first kappa shape index (κ1) is 13.6. The number of carbonyl (C=O) groups is 1. The van der Waals surface area contributed by atoms with Crippen molar-refractivity contribution in [1.82, 2.24) is 0 Å². The van der Waals surface area contributed by atoms with Gasteiger partial charge in [0.2, 0.25) is 5.91 Å². The van der Waals surface area contributed by atoms with Crippen molar-refractivity contribution in [2.45, 2.75) is 25.0 Å². The van der Waals surface area contributed by atoms with E-state index in [2.05, 4.69) is 0 Å². The summed E-state index contributed by atoms with van der Waals surface area (Å²) in [6.07, 6.45) is -2.07. The van der Waals surface area contributed by atoms with Crippen molar-refractivity contribution in [1.29, 1.82) is 0 Å². The summed E-state index contributed by atoms with van der Waals surface area (Å²) >= 11 is 0. The smallest absolute Gasteiger partial charge is 0.220 e. The van der Waals surface area contributed by atoms with E-state index in [0.717, 1.165) is 5.56 Å². The van der Waals surface area contributed by atoms with Crippen LogP contribution in [0.1, 0.15) is 23.7 Å². The predicted octanol–water partition coefficient (Wildman–Crippen LogP) is -0.509. The van der Waals surface area contributed by atoms with Gasteiger partial charge in [0, 0.05) is 6.61 Å². The average molecular weight is 239 g/mol. The Morgan fingerprint density at radius 1 is 1.24 bits per heavy atom. The third-order valence-corrected chi connectivity index (χ3v) is 2.50. The first-order chi connectivity index (χ1) is 8.04. The maximum Gasteiger partial charge on any atom is 0.220 e. The van der Waals surface area contributed by atoms with Crippen molar-refractivity contribution in [2.24, 2.45) is 5.73 Å². The van der Waals surface area contributed by atoms with Gasteiger partial charge in [0.1, 0.15) is 6.10 Å². The Morgan fingerprint density at radius 2 is 1.82 bits per heavy atom. The molecule has 17 heavy (non-hydrogen) atoms. The molecule has 0 bridgehead atoms. The Hall–Kier alpha value is -1.43. The van der Waals surface area contributed by atoms with Crippen LogP contribution in [0.2, 0.25) is 0 Å². The van der Waals surface area contributed by atoms with Gasteiger partial charge >= 0.3 is 0 Å². The molecule has 2 unspecified atom stereocenters. The quantitative estimate of drug-likeness (QED) is 0.536. The SMILES string of the molecule is NC(=O)CC(O)C(O)c1ccc(CCO)cc1. The summed E-state index contributed by atoms with van der Waals surface area (Å²) < 4.78 is 0. The molecule has 1 rings (SSSR count). The van der Waals surface area contributed by atoms with Gasteiger partial charge in [-0.05, 0) is 17.5 Å². The minimum absolute atomic E-state index is 0.0617. The Balaban J connectivity index is 2.68. The van der Waals surface area contributed by atoms with E-state index in [0.29, 0.717) is 12.0 Å². The molecule has 0 fully saturated rings. The van der Waals surface area contributed by atoms with Gasteiger partial charge < -0.3 is 21.1 Å². The summed E-state index contributed by atoms with van der Waals surface area (Å²) in [5.41, 5.74) is 6.39. The zero-order chi connectivity index (χ0) is 12.8. The van der Waals surface area contributed by atoms with Gasteiger partial charge in [-0.15, -0.1) is 0 Å². The average Bonchev–Trinajstić information content (AvgIpc) is 2.28. The number of carbonyl (C=O) groups excluding carboxylic acids is 1. The lowest BCUT2D eigenvalue weighted by Gasteiger charge is -2.17. The number of rotatable bonds is 6. The molecule has 0 aromatic heterocycles. The zero-order valence-electron chi connectivity index (χ0n) is 9.41. The van der Waals surface area contributed by atoms with Gasteiger partial charge in [0.15, 0.2) is 0 Å². The van der Waals surface area contributed by atoms with Gasteiger partial charge in [-0.25, -0.2) is 0 Å². The Kier molecular flexibility index (Phi) is 5.09. The lowest BCUT2D eigenvalue weighted by Crippen LogP contribution is -2.25. The summed E-state index contributed by atoms with van der Waals surface area (Å²) in [6.45, 7) is 0.0617. The molecule has 0 saturated carbocycles. The number of benzene rings is 1. The highest BCUT2D eigenvalue weighted by atomic mass is 16.3. The fraction of sp³-hybridized carbons (Fsp3) is 0.417. The predicted molar refractivity (Wildman–Crippen MR) is 62.0 cm³/mol. The molecular formula is C12H17NO4. The van der Waals surface area contributed by atoms with Crippen LogP contribution >= 0.6 is 0 Å². The number of aliphatic hydroxyl groups is 3. The Bertz CT molecular complexity index is 363. The molecule has 94 valence electrons. The summed E-state index contributed by atoms with van der Waals surface area (Å²) in [7, 11) is 0. The Morgan fingerprint density at radius 3 is 2.29 bits per heavy atom. The summed E-state index contributed by atoms with van der Waals surface area (Å²) in [6, 6.07) is 6.82. The van der Waals surface area contributed by atoms with Crippen molar-refractivity contribution in [3.8, 4) is 0 Å². The largest absolute Gasteiger partial charge is 0.396 e. The molecule has 5 N–H and O–H groups in total. The molecule has 0 aliphatic rings. The van der Waals surface area contributed by atoms with Crippen molar-refractivity contribution in [3.05, 3.63) is 35.4 Å². The van der Waals surface area contributed by atoms with Gasteiger partial charge in [-0.2, -0.15) is 0 Å². The summed E-state index contributed by atoms with van der Waals surface area (Å²) in [5, 5.41) is 28.0. The van der Waals surface area contributed by atoms with Crippen LogP contribution in [0, 0.1) is 0 Å². The maximum atomic E-state index is 10.6. The van der Waals surface area contributed by atoms with E-state index in [1.165, 1.54) is 0 Å². The lowest BCUT2D eigenvalue weighted by molar-refractivity contribution is -0.121. The van der Waals surface area contributed by atoms with Crippen molar-refractivity contribution in [2.75, 3.05) is 6.61 Å². The fourth-order valence-electron chi connectivity index (χ4n) is 1.55. The van der Waals surface area contributed by atoms with E-state index in [-0.39, 0.29) is 13.0 Å². The molecule has 0 radical (unpaired) electrons. The van der Waals surface area contributed by atoms with E-state index in [9.17, 15) is 15.0 Å². The summed E-state index contributed by atoms with van der Waals surface area (Å²) in [4.78, 5) is 10.6. The van der Waals surface area contributed by atoms with Crippen LogP contribution in [0.15, 0.2) is 24.3 Å². The van der Waals surface area contributed by atoms with Crippen LogP contribution < -0.4 is 5.73 Å². The van der Waals surface area contributed by atoms with Crippen molar-refractivity contribution < 1.29 is 20.1 Å². The topological polar surface area (TPSA) is 104 Å². The van der Waals surface area contributed by atoms with E-state index in [1.807, 2.05) is 0 Å². The molecule has 5 nitrogen and oxygen atoms in total. The van der Waals surface area contributed by atoms with E-state index in [4.69, 9.17) is 10.8 Å². The number of aliphatic hydroxyl groups excluding tert-OH is 3. The highest BCUT2D eigenvalue weighted by Crippen LogP contribution is 2.19. The first-order valence-corrected chi connectivity index (χ1v) is 5.38. The second kappa shape index (κ2) is 6.34. The zero-order valence-corrected chi connectivity index (χ0v) is 9.41. The van der Waals surface area contributed by atoms with Gasteiger partial charge in [0.05, 0.1) is 12.5 Å². The molecule has 0 saturated heterocycles. The lowest BCUT2D eigenvalue weighted by atomic mass is 10.00.